The maximum Gasteiger partial charge on any atom is 0.300 e. The van der Waals surface area contributed by atoms with Gasteiger partial charge in [-0.25, -0.2) is 0 Å². The fourth-order valence-corrected chi connectivity index (χ4v) is 4.43. The number of ketones is 1. The SMILES string of the molecule is COc1c(C)cc(C)cc1/C(O)=C1\C(=O)C(=O)N(c2cccc(Cl)c2)C1c1ccc(O)cc1. The number of nitrogens with zero attached hydrogens (tertiary/aromatic N) is 1. The van der Waals surface area contributed by atoms with Crippen LogP contribution in [-0.2, 0) is 9.59 Å². The van der Waals surface area contributed by atoms with Gasteiger partial charge in [0.1, 0.15) is 17.3 Å². The highest BCUT2D eigenvalue weighted by molar-refractivity contribution is 6.51. The number of phenols is 1. The molecule has 1 aliphatic heterocycles. The standard InChI is InChI=1S/C26H22ClNO5/c1-14-11-15(2)25(33-3)20(12-14)23(30)21-22(16-7-9-19(29)10-8-16)28(26(32)24(21)31)18-6-4-5-17(27)13-18/h4-13,22,29-30H,1-3H3/b23-21+. The maximum absolute atomic E-state index is 13.3. The average Bonchev–Trinajstić information content (AvgIpc) is 3.04. The molecule has 2 N–H and O–H groups in total. The molecular weight excluding hydrogens is 442 g/mol. The maximum atomic E-state index is 13.3. The van der Waals surface area contributed by atoms with E-state index in [-0.39, 0.29) is 17.1 Å². The summed E-state index contributed by atoms with van der Waals surface area (Å²) in [6, 6.07) is 15.4. The van der Waals surface area contributed by atoms with Gasteiger partial charge in [-0.1, -0.05) is 35.9 Å². The van der Waals surface area contributed by atoms with Crippen LogP contribution in [0, 0.1) is 13.8 Å². The van der Waals surface area contributed by atoms with Crippen LogP contribution in [0.2, 0.25) is 5.02 Å². The molecule has 4 rings (SSSR count). The number of hydrogen-bond acceptors (Lipinski definition) is 5. The molecule has 6 nitrogen and oxygen atoms in total. The van der Waals surface area contributed by atoms with Crippen LogP contribution >= 0.6 is 11.6 Å². The third-order valence-electron chi connectivity index (χ3n) is 5.62. The van der Waals surface area contributed by atoms with E-state index in [4.69, 9.17) is 16.3 Å². The number of anilines is 1. The minimum atomic E-state index is -0.936. The Kier molecular flexibility index (Phi) is 5.87. The van der Waals surface area contributed by atoms with Crippen LogP contribution in [0.25, 0.3) is 5.76 Å². The third-order valence-corrected chi connectivity index (χ3v) is 5.85. The molecule has 1 heterocycles. The van der Waals surface area contributed by atoms with Gasteiger partial charge in [0.15, 0.2) is 0 Å². The van der Waals surface area contributed by atoms with Crippen molar-refractivity contribution < 1.29 is 24.5 Å². The van der Waals surface area contributed by atoms with Gasteiger partial charge in [-0.15, -0.1) is 0 Å². The molecule has 0 aromatic heterocycles. The fourth-order valence-electron chi connectivity index (χ4n) is 4.24. The van der Waals surface area contributed by atoms with Gasteiger partial charge in [0.2, 0.25) is 0 Å². The summed E-state index contributed by atoms with van der Waals surface area (Å²) in [6.07, 6.45) is 0. The highest BCUT2D eigenvalue weighted by atomic mass is 35.5. The molecule has 33 heavy (non-hydrogen) atoms. The Morgan fingerprint density at radius 3 is 2.36 bits per heavy atom. The first-order valence-electron chi connectivity index (χ1n) is 10.2. The van der Waals surface area contributed by atoms with Gasteiger partial charge in [-0.3, -0.25) is 14.5 Å². The van der Waals surface area contributed by atoms with Gasteiger partial charge in [0, 0.05) is 10.7 Å². The number of benzene rings is 3. The number of aliphatic hydroxyl groups excluding tert-OH is 1. The largest absolute Gasteiger partial charge is 0.508 e. The quantitative estimate of drug-likeness (QED) is 0.311. The monoisotopic (exact) mass is 463 g/mol. The second-order valence-corrected chi connectivity index (χ2v) is 8.34. The van der Waals surface area contributed by atoms with E-state index in [0.29, 0.717) is 27.6 Å². The lowest BCUT2D eigenvalue weighted by Crippen LogP contribution is -2.29. The minimum Gasteiger partial charge on any atom is -0.508 e. The topological polar surface area (TPSA) is 87.1 Å². The summed E-state index contributed by atoms with van der Waals surface area (Å²) in [5.41, 5.74) is 2.84. The van der Waals surface area contributed by atoms with Crippen molar-refractivity contribution in [1.29, 1.82) is 0 Å². The summed E-state index contributed by atoms with van der Waals surface area (Å²) in [5.74, 6) is -1.50. The zero-order valence-electron chi connectivity index (χ0n) is 18.3. The molecule has 1 fully saturated rings. The van der Waals surface area contributed by atoms with E-state index in [2.05, 4.69) is 0 Å². The van der Waals surface area contributed by atoms with Crippen LogP contribution in [-0.4, -0.2) is 29.0 Å². The molecular formula is C26H22ClNO5. The Morgan fingerprint density at radius 2 is 1.73 bits per heavy atom. The molecule has 0 saturated carbocycles. The first-order valence-corrected chi connectivity index (χ1v) is 10.6. The lowest BCUT2D eigenvalue weighted by atomic mass is 9.93. The van der Waals surface area contributed by atoms with Crippen molar-refractivity contribution >= 4 is 34.7 Å². The summed E-state index contributed by atoms with van der Waals surface area (Å²) in [5, 5.41) is 21.6. The summed E-state index contributed by atoms with van der Waals surface area (Å²) in [7, 11) is 1.48. The predicted octanol–water partition coefficient (Wildman–Crippen LogP) is 5.30. The fraction of sp³-hybridized carbons (Fsp3) is 0.154. The third kappa shape index (κ3) is 3.94. The van der Waals surface area contributed by atoms with Crippen LogP contribution in [0.1, 0.15) is 28.3 Å². The summed E-state index contributed by atoms with van der Waals surface area (Å²) >= 11 is 6.16. The molecule has 168 valence electrons. The van der Waals surface area contributed by atoms with E-state index >= 15 is 0 Å². The van der Waals surface area contributed by atoms with Crippen molar-refractivity contribution in [2.45, 2.75) is 19.9 Å². The molecule has 1 saturated heterocycles. The van der Waals surface area contributed by atoms with E-state index < -0.39 is 17.7 Å². The number of hydrogen-bond donors (Lipinski definition) is 2. The smallest absolute Gasteiger partial charge is 0.300 e. The number of halogens is 1. The Morgan fingerprint density at radius 1 is 1.03 bits per heavy atom. The number of rotatable bonds is 4. The molecule has 3 aromatic rings. The van der Waals surface area contributed by atoms with Gasteiger partial charge in [-0.05, 0) is 66.9 Å². The Hall–Kier alpha value is -3.77. The first-order chi connectivity index (χ1) is 15.7. The number of amides is 1. The minimum absolute atomic E-state index is 0.0365. The van der Waals surface area contributed by atoms with Crippen molar-refractivity contribution in [1.82, 2.24) is 0 Å². The summed E-state index contributed by atoms with van der Waals surface area (Å²) < 4.78 is 5.50. The normalized spacial score (nSPS) is 17.5. The molecule has 7 heteroatoms. The van der Waals surface area contributed by atoms with Crippen molar-refractivity contribution in [3.05, 3.63) is 93.5 Å². The Bertz CT molecular complexity index is 1300. The van der Waals surface area contributed by atoms with Crippen molar-refractivity contribution in [3.8, 4) is 11.5 Å². The van der Waals surface area contributed by atoms with Crippen molar-refractivity contribution in [2.24, 2.45) is 0 Å². The molecule has 0 aliphatic carbocycles. The number of ether oxygens (including phenoxy) is 1. The number of carbonyl (C=O) groups is 2. The number of carbonyl (C=O) groups excluding carboxylic acids is 2. The number of aromatic hydroxyl groups is 1. The number of aryl methyl sites for hydroxylation is 2. The zero-order valence-corrected chi connectivity index (χ0v) is 19.1. The molecule has 0 bridgehead atoms. The predicted molar refractivity (Wildman–Crippen MR) is 127 cm³/mol. The van der Waals surface area contributed by atoms with Gasteiger partial charge in [-0.2, -0.15) is 0 Å². The van der Waals surface area contributed by atoms with Gasteiger partial charge in [0.05, 0.1) is 24.3 Å². The van der Waals surface area contributed by atoms with E-state index in [1.165, 1.54) is 24.1 Å². The van der Waals surface area contributed by atoms with Crippen LogP contribution in [0.15, 0.2) is 66.2 Å². The van der Waals surface area contributed by atoms with Crippen LogP contribution in [0.5, 0.6) is 11.5 Å². The second-order valence-electron chi connectivity index (χ2n) is 7.90. The van der Waals surface area contributed by atoms with Crippen LogP contribution < -0.4 is 9.64 Å². The Labute approximate surface area is 196 Å². The highest BCUT2D eigenvalue weighted by Crippen LogP contribution is 2.44. The molecule has 0 spiro atoms. The summed E-state index contributed by atoms with van der Waals surface area (Å²) in [4.78, 5) is 27.8. The molecule has 1 unspecified atom stereocenters. The van der Waals surface area contributed by atoms with Gasteiger partial charge >= 0.3 is 0 Å². The van der Waals surface area contributed by atoms with E-state index in [0.717, 1.165) is 11.1 Å². The lowest BCUT2D eigenvalue weighted by molar-refractivity contribution is -0.132. The van der Waals surface area contributed by atoms with Crippen molar-refractivity contribution in [3.63, 3.8) is 0 Å². The number of phenolic OH excluding ortho intramolecular Hbond substituents is 1. The molecule has 0 radical (unpaired) electrons. The zero-order chi connectivity index (χ0) is 23.9. The Balaban J connectivity index is 2.01. The number of aliphatic hydroxyl groups is 1. The lowest BCUT2D eigenvalue weighted by Gasteiger charge is -2.26. The van der Waals surface area contributed by atoms with Gasteiger partial charge < -0.3 is 14.9 Å². The van der Waals surface area contributed by atoms with Gasteiger partial charge in [0.25, 0.3) is 11.7 Å². The molecule has 1 aliphatic rings. The number of methoxy groups -OCH3 is 1. The van der Waals surface area contributed by atoms with E-state index in [1.54, 1.807) is 42.5 Å². The van der Waals surface area contributed by atoms with Crippen molar-refractivity contribution in [2.75, 3.05) is 12.0 Å². The molecule has 3 aromatic carbocycles. The second kappa shape index (κ2) is 8.64. The van der Waals surface area contributed by atoms with E-state index in [1.807, 2.05) is 19.9 Å². The number of Topliss-reactive ketones (excluding diaryl/α,β-unsaturated/α-hetero) is 1. The average molecular weight is 464 g/mol. The van der Waals surface area contributed by atoms with Crippen LogP contribution in [0.4, 0.5) is 5.69 Å². The first kappa shape index (κ1) is 22.4. The highest BCUT2D eigenvalue weighted by Gasteiger charge is 2.47. The van der Waals surface area contributed by atoms with E-state index in [9.17, 15) is 19.8 Å². The van der Waals surface area contributed by atoms with Crippen LogP contribution in [0.3, 0.4) is 0 Å². The summed E-state index contributed by atoms with van der Waals surface area (Å²) in [6.45, 7) is 3.70. The molecule has 1 atom stereocenters. The molecule has 1 amide bonds.